The van der Waals surface area contributed by atoms with E-state index in [9.17, 15) is 0 Å². The smallest absolute Gasteiger partial charge is 0.195 e. The molecule has 0 bridgehead atoms. The van der Waals surface area contributed by atoms with E-state index in [0.717, 1.165) is 60.6 Å². The van der Waals surface area contributed by atoms with Crippen LogP contribution in [0.2, 0.25) is 10.0 Å². The van der Waals surface area contributed by atoms with Crippen LogP contribution in [0.3, 0.4) is 0 Å². The Morgan fingerprint density at radius 2 is 1.41 bits per heavy atom. The van der Waals surface area contributed by atoms with Crippen LogP contribution in [-0.2, 0) is 6.42 Å². The van der Waals surface area contributed by atoms with E-state index in [0.29, 0.717) is 16.6 Å². The first kappa shape index (κ1) is 19.9. The Labute approximate surface area is 169 Å². The monoisotopic (exact) mass is 404 g/mol. The summed E-state index contributed by atoms with van der Waals surface area (Å²) in [6, 6.07) is 15.2. The number of aromatic nitrogens is 1. The zero-order valence-electron chi connectivity index (χ0n) is 14.9. The number of hydrogen-bond donors (Lipinski definition) is 2. The lowest BCUT2D eigenvalue weighted by atomic mass is 10.1. The van der Waals surface area contributed by atoms with Crippen molar-refractivity contribution in [1.82, 2.24) is 10.5 Å². The van der Waals surface area contributed by atoms with E-state index in [4.69, 9.17) is 37.8 Å². The molecule has 0 aliphatic heterocycles. The SMILES string of the molecule is ONCCCCCCc1nc(-c2ccc(Cl)cc2)c(-c2ccc(Cl)cc2)o1. The van der Waals surface area contributed by atoms with Crippen LogP contribution in [-0.4, -0.2) is 16.7 Å². The number of rotatable bonds is 9. The van der Waals surface area contributed by atoms with Gasteiger partial charge in [-0.3, -0.25) is 0 Å². The molecule has 4 nitrogen and oxygen atoms in total. The molecule has 27 heavy (non-hydrogen) atoms. The molecule has 3 rings (SSSR count). The fourth-order valence-electron chi connectivity index (χ4n) is 2.91. The molecule has 0 atom stereocenters. The maximum atomic E-state index is 8.59. The highest BCUT2D eigenvalue weighted by atomic mass is 35.5. The first-order valence-electron chi connectivity index (χ1n) is 9.06. The Kier molecular flexibility index (Phi) is 7.30. The van der Waals surface area contributed by atoms with E-state index in [1.165, 1.54) is 0 Å². The van der Waals surface area contributed by atoms with E-state index in [-0.39, 0.29) is 0 Å². The summed E-state index contributed by atoms with van der Waals surface area (Å²) in [6.45, 7) is 0.625. The maximum absolute atomic E-state index is 8.59. The summed E-state index contributed by atoms with van der Waals surface area (Å²) in [5.74, 6) is 1.47. The fourth-order valence-corrected chi connectivity index (χ4v) is 3.16. The summed E-state index contributed by atoms with van der Waals surface area (Å²) in [7, 11) is 0. The molecule has 0 unspecified atom stereocenters. The lowest BCUT2D eigenvalue weighted by Crippen LogP contribution is -2.07. The van der Waals surface area contributed by atoms with E-state index < -0.39 is 0 Å². The van der Waals surface area contributed by atoms with Crippen molar-refractivity contribution in [3.63, 3.8) is 0 Å². The predicted octanol–water partition coefficient (Wildman–Crippen LogP) is 6.40. The van der Waals surface area contributed by atoms with E-state index in [1.807, 2.05) is 48.5 Å². The molecule has 0 amide bonds. The summed E-state index contributed by atoms with van der Waals surface area (Å²) in [5, 5.41) is 9.97. The zero-order chi connectivity index (χ0) is 19.1. The second-order valence-corrected chi connectivity index (χ2v) is 7.24. The lowest BCUT2D eigenvalue weighted by molar-refractivity contribution is 0.164. The second-order valence-electron chi connectivity index (χ2n) is 6.37. The Bertz CT molecular complexity index is 783. The van der Waals surface area contributed by atoms with Gasteiger partial charge in [-0.05, 0) is 49.2 Å². The Morgan fingerprint density at radius 1 is 0.815 bits per heavy atom. The molecule has 0 fully saturated rings. The minimum absolute atomic E-state index is 0.625. The van der Waals surface area contributed by atoms with Gasteiger partial charge in [0, 0.05) is 34.1 Å². The van der Waals surface area contributed by atoms with Crippen LogP contribution >= 0.6 is 23.2 Å². The molecule has 0 saturated carbocycles. The van der Waals surface area contributed by atoms with Crippen LogP contribution in [0.1, 0.15) is 31.6 Å². The Morgan fingerprint density at radius 3 is 2.04 bits per heavy atom. The summed E-state index contributed by atoms with van der Waals surface area (Å²) >= 11 is 12.0. The van der Waals surface area contributed by atoms with E-state index >= 15 is 0 Å². The van der Waals surface area contributed by atoms with E-state index in [1.54, 1.807) is 0 Å². The molecule has 6 heteroatoms. The van der Waals surface area contributed by atoms with Gasteiger partial charge in [0.1, 0.15) is 5.69 Å². The van der Waals surface area contributed by atoms with Crippen molar-refractivity contribution in [3.8, 4) is 22.6 Å². The molecule has 0 aliphatic carbocycles. The molecule has 142 valence electrons. The molecule has 0 saturated heterocycles. The normalized spacial score (nSPS) is 11.1. The maximum Gasteiger partial charge on any atom is 0.195 e. The summed E-state index contributed by atoms with van der Waals surface area (Å²) < 4.78 is 6.11. The predicted molar refractivity (Wildman–Crippen MR) is 109 cm³/mol. The average molecular weight is 405 g/mol. The molecule has 3 aromatic rings. The van der Waals surface area contributed by atoms with Gasteiger partial charge >= 0.3 is 0 Å². The Hall–Kier alpha value is -1.85. The Balaban J connectivity index is 1.80. The lowest BCUT2D eigenvalue weighted by Gasteiger charge is -2.02. The minimum atomic E-state index is 0.625. The number of nitrogens with one attached hydrogen (secondary N) is 1. The molecular formula is C21H22Cl2N2O2. The van der Waals surface area contributed by atoms with Crippen LogP contribution in [0.25, 0.3) is 22.6 Å². The van der Waals surface area contributed by atoms with Gasteiger partial charge in [0.15, 0.2) is 11.7 Å². The van der Waals surface area contributed by atoms with Crippen molar-refractivity contribution in [3.05, 3.63) is 64.5 Å². The van der Waals surface area contributed by atoms with Gasteiger partial charge in [-0.2, -0.15) is 0 Å². The van der Waals surface area contributed by atoms with Gasteiger partial charge < -0.3 is 9.62 Å². The first-order valence-corrected chi connectivity index (χ1v) is 9.81. The minimum Gasteiger partial charge on any atom is -0.440 e. The second kappa shape index (κ2) is 9.90. The number of benzene rings is 2. The van der Waals surface area contributed by atoms with Crippen molar-refractivity contribution in [1.29, 1.82) is 0 Å². The van der Waals surface area contributed by atoms with Gasteiger partial charge in [-0.15, -0.1) is 0 Å². The highest BCUT2D eigenvalue weighted by molar-refractivity contribution is 6.31. The number of hydroxylamine groups is 1. The number of oxazole rings is 1. The largest absolute Gasteiger partial charge is 0.440 e. The molecule has 1 aromatic heterocycles. The highest BCUT2D eigenvalue weighted by Gasteiger charge is 2.17. The third kappa shape index (κ3) is 5.56. The van der Waals surface area contributed by atoms with Crippen molar-refractivity contribution in [2.24, 2.45) is 0 Å². The highest BCUT2D eigenvalue weighted by Crippen LogP contribution is 2.34. The molecule has 0 aliphatic rings. The van der Waals surface area contributed by atoms with Crippen LogP contribution in [0.15, 0.2) is 52.9 Å². The standard InChI is InChI=1S/C21H22Cl2N2O2/c22-17-10-6-15(7-11-17)20-21(16-8-12-18(23)13-9-16)27-19(25-20)5-3-1-2-4-14-24-26/h6-13,24,26H,1-5,14H2. The molecule has 0 radical (unpaired) electrons. The first-order chi connectivity index (χ1) is 13.2. The van der Waals surface area contributed by atoms with Crippen molar-refractivity contribution < 1.29 is 9.62 Å². The summed E-state index contributed by atoms with van der Waals surface area (Å²) in [4.78, 5) is 4.75. The van der Waals surface area contributed by atoms with Gasteiger partial charge in [0.2, 0.25) is 0 Å². The number of hydrogen-bond acceptors (Lipinski definition) is 4. The molecule has 0 spiro atoms. The molecular weight excluding hydrogens is 383 g/mol. The van der Waals surface area contributed by atoms with Gasteiger partial charge in [0.25, 0.3) is 0 Å². The summed E-state index contributed by atoms with van der Waals surface area (Å²) in [6.07, 6.45) is 4.85. The van der Waals surface area contributed by atoms with Crippen LogP contribution in [0.4, 0.5) is 0 Å². The number of halogens is 2. The molecule has 1 heterocycles. The number of unbranched alkanes of at least 4 members (excludes halogenated alkanes) is 3. The zero-order valence-corrected chi connectivity index (χ0v) is 16.4. The topological polar surface area (TPSA) is 58.3 Å². The van der Waals surface area contributed by atoms with E-state index in [2.05, 4.69) is 5.48 Å². The van der Waals surface area contributed by atoms with Crippen molar-refractivity contribution in [2.75, 3.05) is 6.54 Å². The quantitative estimate of drug-likeness (QED) is 0.320. The van der Waals surface area contributed by atoms with Crippen molar-refractivity contribution in [2.45, 2.75) is 32.1 Å². The molecule has 2 aromatic carbocycles. The van der Waals surface area contributed by atoms with Gasteiger partial charge in [0.05, 0.1) is 0 Å². The van der Waals surface area contributed by atoms with Crippen molar-refractivity contribution >= 4 is 23.2 Å². The third-order valence-electron chi connectivity index (χ3n) is 4.32. The van der Waals surface area contributed by atoms with Gasteiger partial charge in [-0.1, -0.05) is 48.2 Å². The fraction of sp³-hybridized carbons (Fsp3) is 0.286. The van der Waals surface area contributed by atoms with Crippen LogP contribution in [0, 0.1) is 0 Å². The number of aryl methyl sites for hydroxylation is 1. The van der Waals surface area contributed by atoms with Crippen LogP contribution < -0.4 is 5.48 Å². The van der Waals surface area contributed by atoms with Crippen LogP contribution in [0.5, 0.6) is 0 Å². The third-order valence-corrected chi connectivity index (χ3v) is 4.83. The summed E-state index contributed by atoms with van der Waals surface area (Å²) in [5.41, 5.74) is 4.90. The number of nitrogens with zero attached hydrogens (tertiary/aromatic N) is 1. The van der Waals surface area contributed by atoms with Gasteiger partial charge in [-0.25, -0.2) is 10.5 Å². The average Bonchev–Trinajstić information content (AvgIpc) is 3.10. The molecule has 2 N–H and O–H groups in total.